The van der Waals surface area contributed by atoms with E-state index in [2.05, 4.69) is 36.0 Å². The van der Waals surface area contributed by atoms with E-state index in [9.17, 15) is 4.21 Å². The molecule has 1 atom stereocenters. The minimum Gasteiger partial charge on any atom is -0.382 e. The molecule has 14 heteroatoms. The Morgan fingerprint density at radius 3 is 2.76 bits per heavy atom. The molecule has 0 aliphatic carbocycles. The monoisotopic (exact) mass is 523 g/mol. The molecular weight excluding hydrogens is 499 g/mol. The van der Waals surface area contributed by atoms with Crippen LogP contribution < -0.4 is 32.3 Å². The van der Waals surface area contributed by atoms with Crippen LogP contribution >= 0.6 is 35.2 Å². The van der Waals surface area contributed by atoms with Crippen LogP contribution in [0, 0.1) is 0 Å². The quantitative estimate of drug-likeness (QED) is 0.0842. The molecule has 0 saturated carbocycles. The Hall–Kier alpha value is -1.91. The summed E-state index contributed by atoms with van der Waals surface area (Å²) in [7, 11) is -1.22. The second-order valence-electron chi connectivity index (χ2n) is 7.06. The number of nitrogens with two attached hydrogens (primary N) is 3. The second kappa shape index (κ2) is 11.0. The van der Waals surface area contributed by atoms with Crippen molar-refractivity contribution in [1.29, 1.82) is 0 Å². The molecule has 10 nitrogen and oxygen atoms in total. The lowest BCUT2D eigenvalue weighted by atomic mass is 9.98. The highest BCUT2D eigenvalue weighted by Crippen LogP contribution is 2.41. The van der Waals surface area contributed by atoms with Crippen LogP contribution in [0.4, 0.5) is 5.13 Å². The smallest absolute Gasteiger partial charge is 0.195 e. The first-order chi connectivity index (χ1) is 16.0. The van der Waals surface area contributed by atoms with Gasteiger partial charge < -0.3 is 11.1 Å². The lowest BCUT2D eigenvalue weighted by Crippen LogP contribution is -2.39. The van der Waals surface area contributed by atoms with Gasteiger partial charge in [-0.1, -0.05) is 29.5 Å². The number of benzene rings is 2. The number of anilines is 1. The third-order valence-electron chi connectivity index (χ3n) is 4.92. The molecule has 4 rings (SSSR count). The largest absolute Gasteiger partial charge is 0.382 e. The lowest BCUT2D eigenvalue weighted by Gasteiger charge is -2.27. The van der Waals surface area contributed by atoms with Crippen LogP contribution in [-0.2, 0) is 11.0 Å². The van der Waals surface area contributed by atoms with E-state index in [0.717, 1.165) is 69.3 Å². The van der Waals surface area contributed by atoms with Crippen LogP contribution in [0.25, 0.3) is 21.3 Å². The molecule has 2 heterocycles. The number of rotatable bonds is 8. The van der Waals surface area contributed by atoms with Crippen molar-refractivity contribution in [2.24, 2.45) is 21.8 Å². The molecule has 0 amide bonds. The summed E-state index contributed by atoms with van der Waals surface area (Å²) in [5.41, 5.74) is 11.8. The molecule has 0 spiro atoms. The molecule has 3 aromatic rings. The van der Waals surface area contributed by atoms with Crippen LogP contribution in [0.2, 0.25) is 0 Å². The summed E-state index contributed by atoms with van der Waals surface area (Å²) in [5, 5.41) is 14.2. The highest BCUT2D eigenvalue weighted by Gasteiger charge is 2.22. The zero-order valence-electron chi connectivity index (χ0n) is 17.8. The summed E-state index contributed by atoms with van der Waals surface area (Å²) in [6.45, 7) is 3.73. The van der Waals surface area contributed by atoms with Gasteiger partial charge in [-0.25, -0.2) is 24.9 Å². The molecule has 0 radical (unpaired) electrons. The summed E-state index contributed by atoms with van der Waals surface area (Å²) in [4.78, 5) is 6.49. The highest BCUT2D eigenvalue weighted by atomic mass is 32.2. The first-order valence-corrected chi connectivity index (χ1v) is 14.0. The molecule has 1 aliphatic heterocycles. The molecule has 9 N–H and O–H groups in total. The van der Waals surface area contributed by atoms with E-state index in [-0.39, 0.29) is 5.84 Å². The average molecular weight is 524 g/mol. The van der Waals surface area contributed by atoms with E-state index in [4.69, 9.17) is 16.7 Å². The number of nitrogens with one attached hydrogen (secondary N) is 3. The summed E-state index contributed by atoms with van der Waals surface area (Å²) in [6, 6.07) is 9.98. The van der Waals surface area contributed by atoms with Crippen molar-refractivity contribution in [2.75, 3.05) is 37.2 Å². The first-order valence-electron chi connectivity index (χ1n) is 9.98. The number of thiazole rings is 1. The van der Waals surface area contributed by atoms with Gasteiger partial charge in [0, 0.05) is 53.4 Å². The molecule has 176 valence electrons. The molecule has 1 saturated heterocycles. The maximum Gasteiger partial charge on any atom is 0.195 e. The molecular formula is C19H25N9OS4. The van der Waals surface area contributed by atoms with Gasteiger partial charge in [0.15, 0.2) is 11.0 Å². The van der Waals surface area contributed by atoms with E-state index in [0.29, 0.717) is 10.7 Å². The third kappa shape index (κ3) is 5.44. The van der Waals surface area contributed by atoms with E-state index in [1.54, 1.807) is 18.2 Å². The van der Waals surface area contributed by atoms with Gasteiger partial charge in [0.1, 0.15) is 11.0 Å². The number of hydrazine groups is 1. The maximum atomic E-state index is 11.6. The van der Waals surface area contributed by atoms with Crippen molar-refractivity contribution < 1.29 is 4.21 Å². The Kier molecular flexibility index (Phi) is 8.08. The van der Waals surface area contributed by atoms with Crippen LogP contribution in [0.1, 0.15) is 5.56 Å². The van der Waals surface area contributed by atoms with Gasteiger partial charge in [-0.15, -0.1) is 5.10 Å². The number of para-hydroxylation sites is 1. The zero-order chi connectivity index (χ0) is 23.4. The Balaban J connectivity index is 1.86. The SMILES string of the molecule is CS(=O)Nc1nc2c(-c3ccc(SN4CCNCC4)c(SN)c3/C(N)=N/NN)cccc2s1. The Labute approximate surface area is 207 Å². The standard InChI is InChI=1S/C19H25N9OS4/c1-33(29)26-19-24-16-12(3-2-4-13(16)30-19)11-5-6-14(32-28-9-7-23-8-10-28)17(31-22)15(11)18(20)25-27-21/h2-6,23,27H,7-10,21-22H2,1H3,(H2,20,25)(H,24,26). The van der Waals surface area contributed by atoms with Crippen LogP contribution in [0.3, 0.4) is 0 Å². The van der Waals surface area contributed by atoms with E-state index < -0.39 is 11.0 Å². The Bertz CT molecular complexity index is 1190. The van der Waals surface area contributed by atoms with Gasteiger partial charge in [0.2, 0.25) is 0 Å². The Morgan fingerprint density at radius 2 is 2.06 bits per heavy atom. The van der Waals surface area contributed by atoms with Crippen LogP contribution in [-0.4, -0.2) is 51.8 Å². The third-order valence-corrected chi connectivity index (χ3v) is 8.42. The lowest BCUT2D eigenvalue weighted by molar-refractivity contribution is 0.396. The van der Waals surface area contributed by atoms with Gasteiger partial charge in [0.25, 0.3) is 0 Å². The molecule has 33 heavy (non-hydrogen) atoms. The number of aromatic nitrogens is 1. The van der Waals surface area contributed by atoms with Crippen molar-refractivity contribution in [3.05, 3.63) is 35.9 Å². The molecule has 2 aromatic carbocycles. The predicted octanol–water partition coefficient (Wildman–Crippen LogP) is 1.63. The van der Waals surface area contributed by atoms with Gasteiger partial charge in [0.05, 0.1) is 10.2 Å². The zero-order valence-corrected chi connectivity index (χ0v) is 21.1. The minimum atomic E-state index is -1.22. The van der Waals surface area contributed by atoms with Crippen LogP contribution in [0.15, 0.2) is 45.2 Å². The number of amidine groups is 1. The number of fused-ring (bicyclic) bond motifs is 1. The average Bonchev–Trinajstić information content (AvgIpc) is 3.21. The first kappa shape index (κ1) is 24.2. The van der Waals surface area contributed by atoms with Crippen molar-refractivity contribution in [3.8, 4) is 11.1 Å². The number of hydrogen-bond donors (Lipinski definition) is 6. The van der Waals surface area contributed by atoms with Crippen molar-refractivity contribution in [3.63, 3.8) is 0 Å². The fourth-order valence-corrected chi connectivity index (χ4v) is 6.85. The van der Waals surface area contributed by atoms with E-state index in [1.165, 1.54) is 11.3 Å². The molecule has 1 aliphatic rings. The minimum absolute atomic E-state index is 0.225. The summed E-state index contributed by atoms with van der Waals surface area (Å²) >= 11 is 4.23. The second-order valence-corrected chi connectivity index (χ2v) is 11.0. The van der Waals surface area contributed by atoms with Gasteiger partial charge in [-0.3, -0.25) is 9.86 Å². The highest BCUT2D eigenvalue weighted by molar-refractivity contribution is 8.00. The van der Waals surface area contributed by atoms with Gasteiger partial charge in [-0.05, 0) is 41.6 Å². The fraction of sp³-hybridized carbons (Fsp3) is 0.263. The normalized spacial score (nSPS) is 16.2. The van der Waals surface area contributed by atoms with Crippen LogP contribution in [0.5, 0.6) is 0 Å². The maximum absolute atomic E-state index is 11.6. The fourth-order valence-electron chi connectivity index (χ4n) is 3.56. The summed E-state index contributed by atoms with van der Waals surface area (Å²) in [5.74, 6) is 5.68. The molecule has 1 unspecified atom stereocenters. The molecule has 0 bridgehead atoms. The van der Waals surface area contributed by atoms with E-state index >= 15 is 0 Å². The van der Waals surface area contributed by atoms with Gasteiger partial charge in [-0.2, -0.15) is 0 Å². The Morgan fingerprint density at radius 1 is 1.27 bits per heavy atom. The topological polar surface area (TPSA) is 160 Å². The molecule has 1 fully saturated rings. The number of piperazine rings is 1. The molecule has 1 aromatic heterocycles. The summed E-state index contributed by atoms with van der Waals surface area (Å²) < 4.78 is 17.8. The van der Waals surface area contributed by atoms with Crippen molar-refractivity contribution in [2.45, 2.75) is 9.79 Å². The van der Waals surface area contributed by atoms with Crippen molar-refractivity contribution in [1.82, 2.24) is 20.1 Å². The van der Waals surface area contributed by atoms with E-state index in [1.807, 2.05) is 24.3 Å². The van der Waals surface area contributed by atoms with Crippen molar-refractivity contribution >= 4 is 67.4 Å². The number of nitrogens with zero attached hydrogens (tertiary/aromatic N) is 3. The number of hydrogen-bond acceptors (Lipinski definition) is 11. The van der Waals surface area contributed by atoms with Gasteiger partial charge >= 0.3 is 0 Å². The predicted molar refractivity (Wildman–Crippen MR) is 141 cm³/mol. The number of hydrazone groups is 1. The summed E-state index contributed by atoms with van der Waals surface area (Å²) in [6.07, 6.45) is 1.57.